The van der Waals surface area contributed by atoms with Crippen molar-refractivity contribution in [2.75, 3.05) is 12.4 Å². The molecule has 3 aromatic rings. The summed E-state index contributed by atoms with van der Waals surface area (Å²) >= 11 is 0. The summed E-state index contributed by atoms with van der Waals surface area (Å²) in [7, 11) is 3.44. The number of methoxy groups -OCH3 is 1. The Bertz CT molecular complexity index is 893. The molecule has 0 unspecified atom stereocenters. The van der Waals surface area contributed by atoms with Crippen LogP contribution in [0.2, 0.25) is 0 Å². The molecule has 0 saturated heterocycles. The second kappa shape index (κ2) is 7.69. The Kier molecular flexibility index (Phi) is 5.17. The van der Waals surface area contributed by atoms with Crippen molar-refractivity contribution in [3.63, 3.8) is 0 Å². The highest BCUT2D eigenvalue weighted by molar-refractivity contribution is 5.89. The van der Waals surface area contributed by atoms with Crippen molar-refractivity contribution in [1.82, 2.24) is 14.9 Å². The molecule has 1 aromatic heterocycles. The fourth-order valence-electron chi connectivity index (χ4n) is 2.60. The van der Waals surface area contributed by atoms with Gasteiger partial charge in [0, 0.05) is 25.1 Å². The Morgan fingerprint density at radius 1 is 1.23 bits per heavy atom. The number of nitrogens with one attached hydrogen (secondary N) is 2. The minimum atomic E-state index is -0.481. The fourth-order valence-corrected chi connectivity index (χ4v) is 2.60. The molecule has 0 fully saturated rings. The standard InChI is InChI=1S/C19H19FN4O2/c1-24-11-10-21-18(24)17(13-4-3-5-16(12-13)26-2)23-19(25)22-15-8-6-14(20)7-9-15/h3-12,17H,1-2H3,(H2,22,23,25)/t17-/m0/s1. The number of ether oxygens (including phenoxy) is 1. The predicted molar refractivity (Wildman–Crippen MR) is 96.6 cm³/mol. The van der Waals surface area contributed by atoms with Crippen LogP contribution in [0.15, 0.2) is 60.9 Å². The third-order valence-electron chi connectivity index (χ3n) is 3.92. The van der Waals surface area contributed by atoms with Crippen LogP contribution in [0, 0.1) is 5.82 Å². The number of urea groups is 1. The lowest BCUT2D eigenvalue weighted by Gasteiger charge is -2.20. The van der Waals surface area contributed by atoms with E-state index in [-0.39, 0.29) is 5.82 Å². The number of carbonyl (C=O) groups excluding carboxylic acids is 1. The van der Waals surface area contributed by atoms with Crippen molar-refractivity contribution >= 4 is 11.7 Å². The Balaban J connectivity index is 1.85. The summed E-state index contributed by atoms with van der Waals surface area (Å²) in [4.78, 5) is 16.8. The number of aryl methyl sites for hydroxylation is 1. The highest BCUT2D eigenvalue weighted by Gasteiger charge is 2.21. The van der Waals surface area contributed by atoms with Crippen LogP contribution in [0.3, 0.4) is 0 Å². The number of amides is 2. The van der Waals surface area contributed by atoms with Gasteiger partial charge in [0.05, 0.1) is 7.11 Å². The number of halogens is 1. The van der Waals surface area contributed by atoms with Crippen molar-refractivity contribution in [3.8, 4) is 5.75 Å². The van der Waals surface area contributed by atoms with Gasteiger partial charge in [-0.05, 0) is 42.0 Å². The van der Waals surface area contributed by atoms with Crippen LogP contribution < -0.4 is 15.4 Å². The topological polar surface area (TPSA) is 68.2 Å². The summed E-state index contributed by atoms with van der Waals surface area (Å²) in [6.07, 6.45) is 3.48. The molecule has 26 heavy (non-hydrogen) atoms. The van der Waals surface area contributed by atoms with Crippen LogP contribution in [0.5, 0.6) is 5.75 Å². The molecule has 2 aromatic carbocycles. The molecule has 134 valence electrons. The van der Waals surface area contributed by atoms with Crippen LogP contribution in [0.25, 0.3) is 0 Å². The smallest absolute Gasteiger partial charge is 0.320 e. The molecule has 0 spiro atoms. The number of aromatic nitrogens is 2. The summed E-state index contributed by atoms with van der Waals surface area (Å²) in [5.74, 6) is 0.994. The largest absolute Gasteiger partial charge is 0.497 e. The zero-order chi connectivity index (χ0) is 18.5. The van der Waals surface area contributed by atoms with Crippen molar-refractivity contribution in [3.05, 3.63) is 78.1 Å². The predicted octanol–water partition coefficient (Wildman–Crippen LogP) is 3.48. The van der Waals surface area contributed by atoms with E-state index in [1.54, 1.807) is 13.3 Å². The number of rotatable bonds is 5. The van der Waals surface area contributed by atoms with Crippen molar-refractivity contribution < 1.29 is 13.9 Å². The number of carbonyl (C=O) groups is 1. The molecule has 0 radical (unpaired) electrons. The van der Waals surface area contributed by atoms with Gasteiger partial charge in [-0.1, -0.05) is 12.1 Å². The second-order valence-corrected chi connectivity index (χ2v) is 5.71. The molecule has 0 bridgehead atoms. The van der Waals surface area contributed by atoms with E-state index in [1.807, 2.05) is 42.1 Å². The first-order chi connectivity index (χ1) is 12.6. The maximum atomic E-state index is 13.0. The summed E-state index contributed by atoms with van der Waals surface area (Å²) < 4.78 is 20.1. The molecule has 0 aliphatic carbocycles. The molecule has 0 aliphatic heterocycles. The van der Waals surface area contributed by atoms with Gasteiger partial charge in [0.1, 0.15) is 23.4 Å². The molecule has 1 atom stereocenters. The number of hydrogen-bond donors (Lipinski definition) is 2. The van der Waals surface area contributed by atoms with Crippen LogP contribution in [-0.4, -0.2) is 22.7 Å². The molecular formula is C19H19FN4O2. The summed E-state index contributed by atoms with van der Waals surface area (Å²) in [6.45, 7) is 0. The van der Waals surface area contributed by atoms with Gasteiger partial charge >= 0.3 is 6.03 Å². The zero-order valence-electron chi connectivity index (χ0n) is 14.4. The minimum absolute atomic E-state index is 0.363. The average molecular weight is 354 g/mol. The van der Waals surface area contributed by atoms with Gasteiger partial charge in [-0.3, -0.25) is 0 Å². The molecule has 2 N–H and O–H groups in total. The second-order valence-electron chi connectivity index (χ2n) is 5.71. The summed E-state index contributed by atoms with van der Waals surface area (Å²) in [5.41, 5.74) is 1.32. The highest BCUT2D eigenvalue weighted by atomic mass is 19.1. The van der Waals surface area contributed by atoms with Gasteiger partial charge in [0.25, 0.3) is 0 Å². The van der Waals surface area contributed by atoms with Gasteiger partial charge in [-0.15, -0.1) is 0 Å². The maximum Gasteiger partial charge on any atom is 0.320 e. The monoisotopic (exact) mass is 354 g/mol. The molecule has 0 aliphatic rings. The van der Waals surface area contributed by atoms with Crippen LogP contribution >= 0.6 is 0 Å². The van der Waals surface area contributed by atoms with E-state index in [4.69, 9.17) is 4.74 Å². The highest BCUT2D eigenvalue weighted by Crippen LogP contribution is 2.24. The van der Waals surface area contributed by atoms with E-state index in [1.165, 1.54) is 24.3 Å². The molecule has 1 heterocycles. The molecule has 2 amide bonds. The SMILES string of the molecule is COc1cccc([C@H](NC(=O)Nc2ccc(F)cc2)c2nccn2C)c1. The van der Waals surface area contributed by atoms with Crippen LogP contribution in [0.1, 0.15) is 17.4 Å². The Morgan fingerprint density at radius 3 is 2.65 bits per heavy atom. The van der Waals surface area contributed by atoms with Gasteiger partial charge in [-0.25, -0.2) is 14.2 Å². The zero-order valence-corrected chi connectivity index (χ0v) is 14.4. The number of anilines is 1. The van der Waals surface area contributed by atoms with Crippen LogP contribution in [-0.2, 0) is 7.05 Å². The first-order valence-electron chi connectivity index (χ1n) is 8.01. The molecular weight excluding hydrogens is 335 g/mol. The first-order valence-corrected chi connectivity index (χ1v) is 8.01. The van der Waals surface area contributed by atoms with Gasteiger partial charge in [0.15, 0.2) is 0 Å². The van der Waals surface area contributed by atoms with Crippen molar-refractivity contribution in [1.29, 1.82) is 0 Å². The van der Waals surface area contributed by atoms with Gasteiger partial charge in [0.2, 0.25) is 0 Å². The quantitative estimate of drug-likeness (QED) is 0.737. The lowest BCUT2D eigenvalue weighted by molar-refractivity contribution is 0.249. The number of benzene rings is 2. The number of imidazole rings is 1. The molecule has 0 saturated carbocycles. The molecule has 7 heteroatoms. The van der Waals surface area contributed by atoms with E-state index in [0.29, 0.717) is 17.3 Å². The van der Waals surface area contributed by atoms with Crippen molar-refractivity contribution in [2.24, 2.45) is 7.05 Å². The van der Waals surface area contributed by atoms with Gasteiger partial charge < -0.3 is 19.9 Å². The average Bonchev–Trinajstić information content (AvgIpc) is 3.07. The Labute approximate surface area is 150 Å². The fraction of sp³-hybridized carbons (Fsp3) is 0.158. The summed E-state index contributed by atoms with van der Waals surface area (Å²) in [5, 5.41) is 5.60. The Morgan fingerprint density at radius 2 is 2.00 bits per heavy atom. The third kappa shape index (κ3) is 4.00. The van der Waals surface area contributed by atoms with E-state index < -0.39 is 12.1 Å². The first kappa shape index (κ1) is 17.5. The normalized spacial score (nSPS) is 11.7. The number of nitrogens with zero attached hydrogens (tertiary/aromatic N) is 2. The van der Waals surface area contributed by atoms with Crippen molar-refractivity contribution in [2.45, 2.75) is 6.04 Å². The van der Waals surface area contributed by atoms with E-state index in [0.717, 1.165) is 5.56 Å². The molecule has 3 rings (SSSR count). The summed E-state index contributed by atoms with van der Waals surface area (Å²) in [6, 6.07) is 12.1. The van der Waals surface area contributed by atoms with E-state index >= 15 is 0 Å². The number of hydrogen-bond acceptors (Lipinski definition) is 3. The lowest BCUT2D eigenvalue weighted by Crippen LogP contribution is -2.34. The third-order valence-corrected chi connectivity index (χ3v) is 3.92. The lowest BCUT2D eigenvalue weighted by atomic mass is 10.1. The molecule has 6 nitrogen and oxygen atoms in total. The van der Waals surface area contributed by atoms with Gasteiger partial charge in [-0.2, -0.15) is 0 Å². The maximum absolute atomic E-state index is 13.0. The van der Waals surface area contributed by atoms with E-state index in [9.17, 15) is 9.18 Å². The van der Waals surface area contributed by atoms with E-state index in [2.05, 4.69) is 15.6 Å². The Hall–Kier alpha value is -3.35. The van der Waals surface area contributed by atoms with Crippen LogP contribution in [0.4, 0.5) is 14.9 Å². The minimum Gasteiger partial charge on any atom is -0.497 e.